The number of likely N-dealkylation sites (tertiary alicyclic amines) is 1. The molecule has 1 N–H and O–H groups in total. The highest BCUT2D eigenvalue weighted by molar-refractivity contribution is 5.97. The van der Waals surface area contributed by atoms with E-state index in [0.29, 0.717) is 41.2 Å². The minimum atomic E-state index is -0.151. The standard InChI is InChI=1S/C25H21N7O3/c1-2-22(35)31-7-3-4-18(15-31)32-24-16(12-26)10-20(34)11-21(24)23(29-32)17-13-27-25(28-14-17)30-8-5-19(33)6-9-30/h2,5-6,8-11,13-14,18,34H,1,3-4,7,15H2/t18-/m1/s1. The van der Waals surface area contributed by atoms with Crippen molar-refractivity contribution in [2.75, 3.05) is 13.1 Å². The Kier molecular flexibility index (Phi) is 5.58. The summed E-state index contributed by atoms with van der Waals surface area (Å²) in [7, 11) is 0. The van der Waals surface area contributed by atoms with Crippen LogP contribution >= 0.6 is 0 Å². The zero-order valence-corrected chi connectivity index (χ0v) is 18.7. The van der Waals surface area contributed by atoms with Gasteiger partial charge in [0.25, 0.3) is 0 Å². The number of aromatic hydroxyl groups is 1. The van der Waals surface area contributed by atoms with Crippen LogP contribution in [0.1, 0.15) is 24.4 Å². The third-order valence-electron chi connectivity index (χ3n) is 6.08. The number of rotatable bonds is 4. The van der Waals surface area contributed by atoms with Gasteiger partial charge in [0.1, 0.15) is 17.5 Å². The second-order valence-corrected chi connectivity index (χ2v) is 8.29. The molecule has 0 unspecified atom stereocenters. The molecule has 1 saturated heterocycles. The molecule has 4 aromatic rings. The Labute approximate surface area is 200 Å². The van der Waals surface area contributed by atoms with Crippen molar-refractivity contribution in [1.29, 1.82) is 5.26 Å². The van der Waals surface area contributed by atoms with E-state index >= 15 is 0 Å². The van der Waals surface area contributed by atoms with Gasteiger partial charge in [-0.1, -0.05) is 6.58 Å². The second kappa shape index (κ2) is 8.87. The Morgan fingerprint density at radius 2 is 1.97 bits per heavy atom. The van der Waals surface area contributed by atoms with Crippen LogP contribution < -0.4 is 5.43 Å². The molecule has 35 heavy (non-hydrogen) atoms. The van der Waals surface area contributed by atoms with Crippen LogP contribution in [0.15, 0.2) is 66.5 Å². The molecule has 1 amide bonds. The first-order valence-electron chi connectivity index (χ1n) is 11.1. The maximum Gasteiger partial charge on any atom is 0.246 e. The fourth-order valence-corrected chi connectivity index (χ4v) is 4.43. The van der Waals surface area contributed by atoms with Crippen LogP contribution in [-0.2, 0) is 4.79 Å². The van der Waals surface area contributed by atoms with Gasteiger partial charge in [0, 0.05) is 61.0 Å². The minimum absolute atomic E-state index is 0.0484. The van der Waals surface area contributed by atoms with Gasteiger partial charge in [0.15, 0.2) is 5.43 Å². The van der Waals surface area contributed by atoms with E-state index in [1.807, 2.05) is 0 Å². The van der Waals surface area contributed by atoms with Crippen LogP contribution in [0.4, 0.5) is 0 Å². The molecule has 1 aromatic carbocycles. The number of hydrogen-bond acceptors (Lipinski definition) is 7. The third-order valence-corrected chi connectivity index (χ3v) is 6.08. The molecular weight excluding hydrogens is 446 g/mol. The van der Waals surface area contributed by atoms with Crippen molar-refractivity contribution in [3.63, 3.8) is 0 Å². The monoisotopic (exact) mass is 467 g/mol. The van der Waals surface area contributed by atoms with Gasteiger partial charge in [-0.05, 0) is 31.1 Å². The summed E-state index contributed by atoms with van der Waals surface area (Å²) in [5, 5.41) is 25.5. The smallest absolute Gasteiger partial charge is 0.246 e. The van der Waals surface area contributed by atoms with Gasteiger partial charge in [-0.3, -0.25) is 18.8 Å². The van der Waals surface area contributed by atoms with Crippen LogP contribution in [-0.4, -0.2) is 53.3 Å². The minimum Gasteiger partial charge on any atom is -0.508 e. The van der Waals surface area contributed by atoms with Gasteiger partial charge in [0.2, 0.25) is 11.9 Å². The number of phenols is 1. The molecule has 0 aliphatic carbocycles. The molecule has 1 aliphatic heterocycles. The lowest BCUT2D eigenvalue weighted by atomic mass is 10.0. The number of nitrogens with zero attached hydrogens (tertiary/aromatic N) is 7. The van der Waals surface area contributed by atoms with Gasteiger partial charge >= 0.3 is 0 Å². The summed E-state index contributed by atoms with van der Waals surface area (Å²) in [6, 6.07) is 7.83. The summed E-state index contributed by atoms with van der Waals surface area (Å²) >= 11 is 0. The summed E-state index contributed by atoms with van der Waals surface area (Å²) in [4.78, 5) is 34.1. The highest BCUT2D eigenvalue weighted by atomic mass is 16.3. The first-order valence-corrected chi connectivity index (χ1v) is 11.1. The lowest BCUT2D eigenvalue weighted by molar-refractivity contribution is -0.127. The molecule has 10 nitrogen and oxygen atoms in total. The van der Waals surface area contributed by atoms with Crippen LogP contribution in [0.3, 0.4) is 0 Å². The van der Waals surface area contributed by atoms with Crippen molar-refractivity contribution in [3.8, 4) is 29.0 Å². The lowest BCUT2D eigenvalue weighted by Crippen LogP contribution is -2.40. The highest BCUT2D eigenvalue weighted by Crippen LogP contribution is 2.36. The van der Waals surface area contributed by atoms with Gasteiger partial charge in [0.05, 0.1) is 17.1 Å². The van der Waals surface area contributed by atoms with E-state index < -0.39 is 0 Å². The number of pyridine rings is 1. The molecule has 174 valence electrons. The number of amides is 1. The number of aromatic nitrogens is 5. The number of piperidine rings is 1. The predicted molar refractivity (Wildman–Crippen MR) is 128 cm³/mol. The molecule has 0 radical (unpaired) electrons. The van der Waals surface area contributed by atoms with Crippen molar-refractivity contribution in [3.05, 3.63) is 77.5 Å². The lowest BCUT2D eigenvalue weighted by Gasteiger charge is -2.32. The number of nitriles is 1. The fourth-order valence-electron chi connectivity index (χ4n) is 4.43. The molecule has 1 atom stereocenters. The van der Waals surface area contributed by atoms with Crippen molar-refractivity contribution in [2.24, 2.45) is 0 Å². The topological polar surface area (TPSA) is 130 Å². The summed E-state index contributed by atoms with van der Waals surface area (Å²) in [5.74, 6) is 0.188. The molecule has 1 fully saturated rings. The van der Waals surface area contributed by atoms with Gasteiger partial charge in [-0.2, -0.15) is 10.4 Å². The third kappa shape index (κ3) is 4.04. The molecule has 4 heterocycles. The van der Waals surface area contributed by atoms with Gasteiger partial charge in [-0.15, -0.1) is 0 Å². The molecular formula is C25H21N7O3. The predicted octanol–water partition coefficient (Wildman–Crippen LogP) is 2.57. The maximum absolute atomic E-state index is 12.2. The van der Waals surface area contributed by atoms with Gasteiger partial charge in [-0.25, -0.2) is 9.97 Å². The molecule has 5 rings (SSSR count). The Bertz CT molecular complexity index is 1530. The van der Waals surface area contributed by atoms with Crippen LogP contribution in [0.5, 0.6) is 5.75 Å². The number of fused-ring (bicyclic) bond motifs is 1. The first kappa shape index (κ1) is 22.0. The zero-order chi connectivity index (χ0) is 24.5. The molecule has 10 heteroatoms. The summed E-state index contributed by atoms with van der Waals surface area (Å²) in [5.41, 5.74) is 1.88. The molecule has 0 bridgehead atoms. The van der Waals surface area contributed by atoms with Crippen molar-refractivity contribution < 1.29 is 9.90 Å². The second-order valence-electron chi connectivity index (χ2n) is 8.29. The van der Waals surface area contributed by atoms with E-state index in [1.54, 1.807) is 45.0 Å². The summed E-state index contributed by atoms with van der Waals surface area (Å²) < 4.78 is 3.40. The van der Waals surface area contributed by atoms with Gasteiger partial charge < -0.3 is 10.0 Å². The highest BCUT2D eigenvalue weighted by Gasteiger charge is 2.28. The average molecular weight is 467 g/mol. The normalized spacial score (nSPS) is 15.6. The number of benzene rings is 1. The van der Waals surface area contributed by atoms with E-state index in [2.05, 4.69) is 22.6 Å². The summed E-state index contributed by atoms with van der Waals surface area (Å²) in [6.07, 6.45) is 9.25. The van der Waals surface area contributed by atoms with E-state index in [4.69, 9.17) is 5.10 Å². The largest absolute Gasteiger partial charge is 0.508 e. The Balaban J connectivity index is 1.61. The SMILES string of the molecule is C=CC(=O)N1CCC[C@@H](n2nc(-c3cnc(-n4ccc(=O)cc4)nc3)c3cc(O)cc(C#N)c32)C1. The number of phenolic OH excluding ortho intramolecular Hbond substituents is 1. The van der Waals surface area contributed by atoms with E-state index in [0.717, 1.165) is 12.8 Å². The number of hydrogen-bond donors (Lipinski definition) is 1. The van der Waals surface area contributed by atoms with Crippen molar-refractivity contribution in [1.82, 2.24) is 29.2 Å². The van der Waals surface area contributed by atoms with Crippen LogP contribution in [0, 0.1) is 11.3 Å². The Morgan fingerprint density at radius 1 is 1.23 bits per heavy atom. The first-order chi connectivity index (χ1) is 17.0. The number of carbonyl (C=O) groups excluding carboxylic acids is 1. The molecule has 0 saturated carbocycles. The Morgan fingerprint density at radius 3 is 2.66 bits per heavy atom. The van der Waals surface area contributed by atoms with Crippen LogP contribution in [0.2, 0.25) is 0 Å². The summed E-state index contributed by atoms with van der Waals surface area (Å²) in [6.45, 7) is 4.66. The zero-order valence-electron chi connectivity index (χ0n) is 18.7. The molecule has 3 aromatic heterocycles. The van der Waals surface area contributed by atoms with E-state index in [1.165, 1.54) is 24.3 Å². The van der Waals surface area contributed by atoms with Crippen molar-refractivity contribution in [2.45, 2.75) is 18.9 Å². The maximum atomic E-state index is 12.2. The van der Waals surface area contributed by atoms with E-state index in [9.17, 15) is 20.0 Å². The Hall–Kier alpha value is -4.78. The number of carbonyl (C=O) groups is 1. The average Bonchev–Trinajstić information content (AvgIpc) is 3.27. The van der Waals surface area contributed by atoms with E-state index in [-0.39, 0.29) is 28.7 Å². The molecule has 1 aliphatic rings. The molecule has 0 spiro atoms. The fraction of sp³-hybridized carbons (Fsp3) is 0.200. The van der Waals surface area contributed by atoms with Crippen molar-refractivity contribution >= 4 is 16.8 Å². The quantitative estimate of drug-likeness (QED) is 0.457. The van der Waals surface area contributed by atoms with Crippen LogP contribution in [0.25, 0.3) is 28.1 Å².